The van der Waals surface area contributed by atoms with Crippen molar-refractivity contribution >= 4 is 17.9 Å². The topological polar surface area (TPSA) is 129 Å². The van der Waals surface area contributed by atoms with E-state index in [-0.39, 0.29) is 24.0 Å². The molecule has 0 heterocycles. The highest BCUT2D eigenvalue weighted by atomic mass is 16.5. The third-order valence-electron chi connectivity index (χ3n) is 5.67. The van der Waals surface area contributed by atoms with Crippen molar-refractivity contribution in [1.82, 2.24) is 21.5 Å². The molecule has 0 aliphatic heterocycles. The lowest BCUT2D eigenvalue weighted by molar-refractivity contribution is -0.133. The average Bonchev–Trinajstić information content (AvgIpc) is 2.75. The molecule has 3 amide bonds. The Morgan fingerprint density at radius 2 is 1.72 bits per heavy atom. The fraction of sp³-hybridized carbons (Fsp3) is 0.783. The molecule has 9 heteroatoms. The Kier molecular flexibility index (Phi) is 13.6. The van der Waals surface area contributed by atoms with Crippen molar-refractivity contribution in [1.29, 1.82) is 0 Å². The summed E-state index contributed by atoms with van der Waals surface area (Å²) in [5, 5.41) is 15.2. The second-order valence-corrected chi connectivity index (χ2v) is 8.37. The van der Waals surface area contributed by atoms with Gasteiger partial charge in [-0.15, -0.1) is 0 Å². The first kappa shape index (κ1) is 27.9. The monoisotopic (exact) mass is 454 g/mol. The van der Waals surface area contributed by atoms with Gasteiger partial charge in [-0.25, -0.2) is 15.0 Å². The zero-order valence-electron chi connectivity index (χ0n) is 20.0. The summed E-state index contributed by atoms with van der Waals surface area (Å²) >= 11 is 0. The predicted octanol–water partition coefficient (Wildman–Crippen LogP) is 3.01. The number of carbonyl (C=O) groups is 3. The van der Waals surface area contributed by atoms with Crippen molar-refractivity contribution in [3.05, 3.63) is 11.6 Å². The maximum atomic E-state index is 12.4. The van der Waals surface area contributed by atoms with Crippen LogP contribution in [0.5, 0.6) is 0 Å². The van der Waals surface area contributed by atoms with Gasteiger partial charge in [0.05, 0.1) is 24.3 Å². The molecule has 0 aromatic heterocycles. The summed E-state index contributed by atoms with van der Waals surface area (Å²) in [6.07, 6.45) is 9.38. The van der Waals surface area contributed by atoms with Gasteiger partial charge in [-0.3, -0.25) is 10.2 Å². The number of amides is 3. The van der Waals surface area contributed by atoms with E-state index >= 15 is 0 Å². The highest BCUT2D eigenvalue weighted by Crippen LogP contribution is 2.24. The van der Waals surface area contributed by atoms with Crippen LogP contribution in [0.25, 0.3) is 0 Å². The first-order chi connectivity index (χ1) is 15.3. The van der Waals surface area contributed by atoms with Crippen LogP contribution >= 0.6 is 0 Å². The Labute approximate surface area is 192 Å². The molecule has 184 valence electrons. The van der Waals surface area contributed by atoms with E-state index in [1.54, 1.807) is 6.08 Å². The number of nitrogens with one attached hydrogen (secondary N) is 4. The summed E-state index contributed by atoms with van der Waals surface area (Å²) in [5.41, 5.74) is 5.67. The number of unbranched alkanes of at least 4 members (excludes halogenated alkanes) is 5. The van der Waals surface area contributed by atoms with Crippen LogP contribution in [0.2, 0.25) is 0 Å². The van der Waals surface area contributed by atoms with E-state index < -0.39 is 30.2 Å². The van der Waals surface area contributed by atoms with Crippen molar-refractivity contribution in [2.75, 3.05) is 6.54 Å². The summed E-state index contributed by atoms with van der Waals surface area (Å²) in [7, 11) is 0. The third-order valence-corrected chi connectivity index (χ3v) is 5.67. The second kappa shape index (κ2) is 15.6. The van der Waals surface area contributed by atoms with Crippen molar-refractivity contribution < 1.29 is 24.2 Å². The number of hydrazine groups is 1. The summed E-state index contributed by atoms with van der Waals surface area (Å²) in [5.74, 6) is -1.33. The minimum Gasteiger partial charge on any atom is -0.478 e. The molecule has 0 aromatic rings. The predicted molar refractivity (Wildman–Crippen MR) is 124 cm³/mol. The Hall–Kier alpha value is -2.13. The van der Waals surface area contributed by atoms with Gasteiger partial charge >= 0.3 is 12.0 Å². The summed E-state index contributed by atoms with van der Waals surface area (Å²) < 4.78 is 6.11. The molecule has 0 radical (unpaired) electrons. The molecule has 0 saturated heterocycles. The molecular weight excluding hydrogens is 412 g/mol. The van der Waals surface area contributed by atoms with E-state index in [1.807, 2.05) is 13.8 Å². The molecule has 1 aliphatic rings. The molecule has 0 fully saturated rings. The average molecular weight is 455 g/mol. The van der Waals surface area contributed by atoms with Crippen molar-refractivity contribution in [2.45, 2.75) is 110 Å². The molecular formula is C23H42N4O5. The number of carbonyl (C=O) groups excluding carboxylic acids is 2. The van der Waals surface area contributed by atoms with Crippen LogP contribution in [0.1, 0.15) is 85.5 Å². The fourth-order valence-electron chi connectivity index (χ4n) is 3.85. The van der Waals surface area contributed by atoms with Crippen LogP contribution in [0.15, 0.2) is 11.6 Å². The molecule has 9 nitrogen and oxygen atoms in total. The van der Waals surface area contributed by atoms with Crippen LogP contribution < -0.4 is 21.5 Å². The van der Waals surface area contributed by atoms with Gasteiger partial charge in [0, 0.05) is 25.5 Å². The number of aliphatic carboxylic acids is 1. The minimum absolute atomic E-state index is 0.0749. The van der Waals surface area contributed by atoms with Crippen LogP contribution in [0, 0.1) is 0 Å². The van der Waals surface area contributed by atoms with E-state index in [4.69, 9.17) is 4.74 Å². The molecule has 0 bridgehead atoms. The number of rotatable bonds is 15. The van der Waals surface area contributed by atoms with Crippen LogP contribution in [-0.2, 0) is 14.3 Å². The summed E-state index contributed by atoms with van der Waals surface area (Å²) in [6, 6.07) is -1.66. The van der Waals surface area contributed by atoms with Gasteiger partial charge in [-0.1, -0.05) is 52.9 Å². The highest BCUT2D eigenvalue weighted by Gasteiger charge is 2.38. The lowest BCUT2D eigenvalue weighted by atomic mass is 9.87. The number of carboxylic acid groups (broad SMARTS) is 1. The molecule has 0 aromatic carbocycles. The van der Waals surface area contributed by atoms with E-state index in [0.717, 1.165) is 25.7 Å². The van der Waals surface area contributed by atoms with E-state index in [1.165, 1.54) is 32.6 Å². The number of urea groups is 1. The molecule has 1 rings (SSSR count). The second-order valence-electron chi connectivity index (χ2n) is 8.37. The Bertz CT molecular complexity index is 622. The maximum Gasteiger partial charge on any atom is 0.331 e. The summed E-state index contributed by atoms with van der Waals surface area (Å²) in [6.45, 7) is 8.21. The van der Waals surface area contributed by atoms with E-state index in [0.29, 0.717) is 6.54 Å². The van der Waals surface area contributed by atoms with Crippen molar-refractivity contribution in [3.63, 3.8) is 0 Å². The van der Waals surface area contributed by atoms with Gasteiger partial charge in [0.1, 0.15) is 0 Å². The normalized spacial score (nSPS) is 20.5. The molecule has 3 atom stereocenters. The molecule has 0 spiro atoms. The van der Waals surface area contributed by atoms with Crippen molar-refractivity contribution in [3.8, 4) is 0 Å². The Balaban J connectivity index is 2.71. The van der Waals surface area contributed by atoms with Crippen LogP contribution in [0.3, 0.4) is 0 Å². The smallest absolute Gasteiger partial charge is 0.331 e. The van der Waals surface area contributed by atoms with Gasteiger partial charge in [0.15, 0.2) is 0 Å². The van der Waals surface area contributed by atoms with E-state index in [9.17, 15) is 19.5 Å². The zero-order valence-corrected chi connectivity index (χ0v) is 20.0. The van der Waals surface area contributed by atoms with Crippen LogP contribution in [-0.4, -0.2) is 53.9 Å². The number of ether oxygens (including phenoxy) is 1. The number of hydrogen-bond donors (Lipinski definition) is 5. The molecule has 0 unspecified atom stereocenters. The van der Waals surface area contributed by atoms with Crippen LogP contribution in [0.4, 0.5) is 4.79 Å². The van der Waals surface area contributed by atoms with Gasteiger partial charge in [-0.05, 0) is 25.3 Å². The van der Waals surface area contributed by atoms with Crippen molar-refractivity contribution in [2.24, 2.45) is 0 Å². The quantitative estimate of drug-likeness (QED) is 0.191. The standard InChI is InChI=1S/C23H42N4O5/c1-5-8-9-10-11-12-13-24-27-23(31)26-19-14-17(22(29)30)15-20(21(19)25-16(4)28)32-18(6-2)7-3/h15,18-21,24H,5-14H2,1-4H3,(H,25,28)(H,29,30)(H2,26,27,31)/t19-,20+,21+/m0/s1. The maximum absolute atomic E-state index is 12.4. The van der Waals surface area contributed by atoms with Gasteiger partial charge in [0.2, 0.25) is 5.91 Å². The molecule has 0 saturated carbocycles. The molecule has 5 N–H and O–H groups in total. The zero-order chi connectivity index (χ0) is 23.9. The largest absolute Gasteiger partial charge is 0.478 e. The minimum atomic E-state index is -1.06. The first-order valence-corrected chi connectivity index (χ1v) is 12.0. The highest BCUT2D eigenvalue weighted by molar-refractivity contribution is 5.87. The fourth-order valence-corrected chi connectivity index (χ4v) is 3.85. The summed E-state index contributed by atoms with van der Waals surface area (Å²) in [4.78, 5) is 35.9. The van der Waals surface area contributed by atoms with Gasteiger partial charge in [0.25, 0.3) is 0 Å². The molecule has 32 heavy (non-hydrogen) atoms. The van der Waals surface area contributed by atoms with E-state index in [2.05, 4.69) is 28.4 Å². The van der Waals surface area contributed by atoms with Gasteiger partial charge in [-0.2, -0.15) is 0 Å². The van der Waals surface area contributed by atoms with Gasteiger partial charge < -0.3 is 20.5 Å². The lowest BCUT2D eigenvalue weighted by Crippen LogP contribution is -2.61. The number of carboxylic acids is 1. The molecule has 1 aliphatic carbocycles. The SMILES string of the molecule is CCCCCCCCNNC(=O)N[C@H]1CC(C(=O)O)=C[C@@H](OC(CC)CC)[C@@H]1NC(C)=O. The number of hydrogen-bond acceptors (Lipinski definition) is 5. The lowest BCUT2D eigenvalue weighted by Gasteiger charge is -2.38. The Morgan fingerprint density at radius 3 is 2.31 bits per heavy atom. The first-order valence-electron chi connectivity index (χ1n) is 12.0. The third kappa shape index (κ3) is 10.5. The Morgan fingerprint density at radius 1 is 1.06 bits per heavy atom.